The highest BCUT2D eigenvalue weighted by molar-refractivity contribution is 6.04. The topological polar surface area (TPSA) is 124 Å². The molecule has 32 heavy (non-hydrogen) atoms. The number of ether oxygens (including phenoxy) is 1. The van der Waals surface area contributed by atoms with E-state index in [0.29, 0.717) is 16.7 Å². The summed E-state index contributed by atoms with van der Waals surface area (Å²) in [6.07, 6.45) is 3.67. The Morgan fingerprint density at radius 3 is 2.47 bits per heavy atom. The van der Waals surface area contributed by atoms with Gasteiger partial charge in [0, 0.05) is 41.1 Å². The zero-order valence-corrected chi connectivity index (χ0v) is 19.5. The molecule has 7 heteroatoms. The van der Waals surface area contributed by atoms with Crippen LogP contribution in [0.25, 0.3) is 0 Å². The molecule has 8 atom stereocenters. The second kappa shape index (κ2) is 6.86. The summed E-state index contributed by atoms with van der Waals surface area (Å²) in [6.45, 7) is 10.1. The Labute approximate surface area is 188 Å². The summed E-state index contributed by atoms with van der Waals surface area (Å²) in [7, 11) is 0. The number of rotatable bonds is 3. The number of fused-ring (bicyclic) bond motifs is 5. The van der Waals surface area contributed by atoms with Crippen molar-refractivity contribution in [1.82, 2.24) is 0 Å². The van der Waals surface area contributed by atoms with E-state index in [-0.39, 0.29) is 13.0 Å². The van der Waals surface area contributed by atoms with Gasteiger partial charge >= 0.3 is 5.97 Å². The van der Waals surface area contributed by atoms with Crippen LogP contribution in [-0.2, 0) is 14.3 Å². The van der Waals surface area contributed by atoms with Crippen LogP contribution in [0.15, 0.2) is 34.9 Å². The number of hydrogen-bond acceptors (Lipinski definition) is 7. The molecule has 0 amide bonds. The SMILES string of the molecule is C/C=C(/C)C(=O)O[C@@]12[C@H](O)[C@@H](C)[C@@]3(O)[C@@H](C=C(CO)C[C@]4(O)C(=O)C(C)=C[C@@H]34)[C@@H]1C2(C)C. The molecule has 4 N–H and O–H groups in total. The summed E-state index contributed by atoms with van der Waals surface area (Å²) >= 11 is 0. The maximum Gasteiger partial charge on any atom is 0.334 e. The van der Waals surface area contributed by atoms with Gasteiger partial charge in [-0.1, -0.05) is 39.0 Å². The minimum Gasteiger partial charge on any atom is -0.452 e. The monoisotopic (exact) mass is 446 g/mol. The molecule has 0 aromatic carbocycles. The van der Waals surface area contributed by atoms with Crippen LogP contribution in [0, 0.1) is 29.1 Å². The van der Waals surface area contributed by atoms with E-state index in [4.69, 9.17) is 4.74 Å². The summed E-state index contributed by atoms with van der Waals surface area (Å²) in [4.78, 5) is 25.7. The van der Waals surface area contributed by atoms with E-state index >= 15 is 0 Å². The Hall–Kier alpha value is -1.80. The minimum absolute atomic E-state index is 0.0971. The zero-order chi connectivity index (χ0) is 24.0. The van der Waals surface area contributed by atoms with Crippen molar-refractivity contribution in [2.45, 2.75) is 70.9 Å². The molecule has 0 unspecified atom stereocenters. The summed E-state index contributed by atoms with van der Waals surface area (Å²) in [5.41, 5.74) is -4.26. The van der Waals surface area contributed by atoms with Crippen molar-refractivity contribution >= 4 is 11.8 Å². The first-order valence-corrected chi connectivity index (χ1v) is 11.3. The highest BCUT2D eigenvalue weighted by atomic mass is 16.6. The lowest BCUT2D eigenvalue weighted by Gasteiger charge is -2.52. The fourth-order valence-corrected chi connectivity index (χ4v) is 7.02. The summed E-state index contributed by atoms with van der Waals surface area (Å²) in [5.74, 6) is -3.90. The second-order valence-electron chi connectivity index (χ2n) is 10.7. The maximum atomic E-state index is 12.9. The molecule has 0 spiro atoms. The van der Waals surface area contributed by atoms with Gasteiger partial charge in [0.25, 0.3) is 0 Å². The zero-order valence-electron chi connectivity index (χ0n) is 19.5. The predicted molar refractivity (Wildman–Crippen MR) is 116 cm³/mol. The van der Waals surface area contributed by atoms with Crippen LogP contribution in [0.4, 0.5) is 0 Å². The standard InChI is InChI=1S/C25H34O7/c1-7-12(2)21(29)32-25-18(22(25,5)6)16-9-15(11-26)10-23(30)17(8-13(3)19(23)27)24(16,31)14(4)20(25)28/h7-9,14,16-18,20,26,28,30-31H,10-11H2,1-6H3/b12-7-/t14-,16+,17-,18-,20-,23-,24-,25-/m1/s1. The van der Waals surface area contributed by atoms with E-state index in [9.17, 15) is 30.0 Å². The number of hydrogen-bond donors (Lipinski definition) is 4. The molecule has 0 aromatic rings. The molecule has 4 aliphatic carbocycles. The van der Waals surface area contributed by atoms with Crippen LogP contribution in [0.1, 0.15) is 48.0 Å². The van der Waals surface area contributed by atoms with E-state index in [0.717, 1.165) is 0 Å². The van der Waals surface area contributed by atoms with Gasteiger partial charge in [-0.15, -0.1) is 0 Å². The molecule has 7 nitrogen and oxygen atoms in total. The van der Waals surface area contributed by atoms with E-state index in [1.165, 1.54) is 0 Å². The molecule has 4 rings (SSSR count). The van der Waals surface area contributed by atoms with Gasteiger partial charge in [-0.2, -0.15) is 0 Å². The fraction of sp³-hybridized carbons (Fsp3) is 0.680. The summed E-state index contributed by atoms with van der Waals surface area (Å²) < 4.78 is 5.98. The maximum absolute atomic E-state index is 12.9. The van der Waals surface area contributed by atoms with Crippen molar-refractivity contribution < 1.29 is 34.8 Å². The van der Waals surface area contributed by atoms with Crippen molar-refractivity contribution in [2.75, 3.05) is 6.61 Å². The first-order chi connectivity index (χ1) is 14.7. The largest absolute Gasteiger partial charge is 0.452 e. The van der Waals surface area contributed by atoms with Crippen LogP contribution in [-0.4, -0.2) is 61.7 Å². The third-order valence-corrected chi connectivity index (χ3v) is 9.01. The number of esters is 1. The van der Waals surface area contributed by atoms with Crippen molar-refractivity contribution in [1.29, 1.82) is 0 Å². The number of allylic oxidation sites excluding steroid dienone is 1. The highest BCUT2D eigenvalue weighted by Crippen LogP contribution is 2.76. The van der Waals surface area contributed by atoms with Crippen LogP contribution in [0.2, 0.25) is 0 Å². The number of aliphatic hydroxyl groups is 4. The fourth-order valence-electron chi connectivity index (χ4n) is 7.02. The van der Waals surface area contributed by atoms with Crippen molar-refractivity contribution in [3.05, 3.63) is 34.9 Å². The smallest absolute Gasteiger partial charge is 0.334 e. The quantitative estimate of drug-likeness (QED) is 0.294. The third-order valence-electron chi connectivity index (χ3n) is 9.01. The number of carbonyl (C=O) groups excluding carboxylic acids is 2. The van der Waals surface area contributed by atoms with Gasteiger partial charge in [-0.05, 0) is 31.9 Å². The van der Waals surface area contributed by atoms with E-state index in [1.807, 2.05) is 13.8 Å². The normalized spacial score (nSPS) is 46.9. The van der Waals surface area contributed by atoms with Crippen molar-refractivity contribution in [3.8, 4) is 0 Å². The molecule has 2 saturated carbocycles. The van der Waals surface area contributed by atoms with Gasteiger partial charge in [0.1, 0.15) is 11.2 Å². The Bertz CT molecular complexity index is 975. The molecule has 0 radical (unpaired) electrons. The average molecular weight is 447 g/mol. The molecular weight excluding hydrogens is 412 g/mol. The van der Waals surface area contributed by atoms with Gasteiger partial charge in [-0.25, -0.2) is 4.79 Å². The van der Waals surface area contributed by atoms with E-state index in [1.54, 1.807) is 45.9 Å². The minimum atomic E-state index is -1.90. The second-order valence-corrected chi connectivity index (χ2v) is 10.7. The number of Topliss-reactive ketones (excluding diaryl/α,β-unsaturated/α-hetero) is 1. The van der Waals surface area contributed by atoms with Crippen LogP contribution < -0.4 is 0 Å². The average Bonchev–Trinajstić information content (AvgIpc) is 3.18. The van der Waals surface area contributed by atoms with Crippen molar-refractivity contribution in [3.63, 3.8) is 0 Å². The predicted octanol–water partition coefficient (Wildman–Crippen LogP) is 1.45. The number of aliphatic hydroxyl groups excluding tert-OH is 2. The van der Waals surface area contributed by atoms with Crippen molar-refractivity contribution in [2.24, 2.45) is 29.1 Å². The molecule has 176 valence electrons. The lowest BCUT2D eigenvalue weighted by atomic mass is 9.59. The Kier molecular flexibility index (Phi) is 5.00. The molecular formula is C25H34O7. The summed E-state index contributed by atoms with van der Waals surface area (Å²) in [6, 6.07) is 0. The summed E-state index contributed by atoms with van der Waals surface area (Å²) in [5, 5.41) is 45.3. The van der Waals surface area contributed by atoms with E-state index < -0.39 is 63.7 Å². The first kappa shape index (κ1) is 23.4. The van der Waals surface area contributed by atoms with Gasteiger partial charge in [0.05, 0.1) is 18.3 Å². The lowest BCUT2D eigenvalue weighted by molar-refractivity contribution is -0.218. The molecule has 0 aliphatic heterocycles. The number of ketones is 1. The third kappa shape index (κ3) is 2.51. The van der Waals surface area contributed by atoms with Crippen LogP contribution >= 0.6 is 0 Å². The molecule has 0 bridgehead atoms. The molecule has 0 heterocycles. The van der Waals surface area contributed by atoms with Crippen LogP contribution in [0.3, 0.4) is 0 Å². The number of carbonyl (C=O) groups is 2. The Balaban J connectivity index is 1.90. The first-order valence-electron chi connectivity index (χ1n) is 11.3. The molecule has 0 aromatic heterocycles. The Morgan fingerprint density at radius 1 is 1.28 bits per heavy atom. The van der Waals surface area contributed by atoms with Gasteiger partial charge in [0.15, 0.2) is 5.78 Å². The molecule has 0 saturated heterocycles. The van der Waals surface area contributed by atoms with Gasteiger partial charge in [-0.3, -0.25) is 4.79 Å². The van der Waals surface area contributed by atoms with Gasteiger partial charge < -0.3 is 25.2 Å². The lowest BCUT2D eigenvalue weighted by Crippen LogP contribution is -2.65. The van der Waals surface area contributed by atoms with E-state index in [2.05, 4.69) is 0 Å². The van der Waals surface area contributed by atoms with Gasteiger partial charge in [0.2, 0.25) is 0 Å². The molecule has 2 fully saturated rings. The molecule has 4 aliphatic rings. The van der Waals surface area contributed by atoms with Crippen LogP contribution in [0.5, 0.6) is 0 Å². The highest BCUT2D eigenvalue weighted by Gasteiger charge is 2.86. The Morgan fingerprint density at radius 2 is 1.91 bits per heavy atom.